The summed E-state index contributed by atoms with van der Waals surface area (Å²) >= 11 is 3.44. The third kappa shape index (κ3) is 3.62. The third-order valence-corrected chi connectivity index (χ3v) is 4.04. The zero-order chi connectivity index (χ0) is 13.8. The van der Waals surface area contributed by atoms with Crippen molar-refractivity contribution in [1.29, 1.82) is 0 Å². The SMILES string of the molecule is COc1ccc(Br)cc1NC1CCCC(C(=O)O)C1. The van der Waals surface area contributed by atoms with Gasteiger partial charge in [0, 0.05) is 10.5 Å². The molecule has 2 N–H and O–H groups in total. The Morgan fingerprint density at radius 2 is 2.26 bits per heavy atom. The molecule has 2 atom stereocenters. The van der Waals surface area contributed by atoms with Crippen LogP contribution in [0.25, 0.3) is 0 Å². The second-order valence-electron chi connectivity index (χ2n) is 4.89. The van der Waals surface area contributed by atoms with E-state index < -0.39 is 5.97 Å². The Balaban J connectivity index is 2.08. The number of aliphatic carboxylic acids is 1. The van der Waals surface area contributed by atoms with Gasteiger partial charge in [0.1, 0.15) is 5.75 Å². The van der Waals surface area contributed by atoms with Gasteiger partial charge < -0.3 is 15.2 Å². The van der Waals surface area contributed by atoms with Gasteiger partial charge in [-0.2, -0.15) is 0 Å². The van der Waals surface area contributed by atoms with Crippen LogP contribution < -0.4 is 10.1 Å². The summed E-state index contributed by atoms with van der Waals surface area (Å²) in [5.41, 5.74) is 0.910. The Labute approximate surface area is 121 Å². The van der Waals surface area contributed by atoms with Gasteiger partial charge in [0.15, 0.2) is 0 Å². The van der Waals surface area contributed by atoms with Crippen molar-refractivity contribution in [2.75, 3.05) is 12.4 Å². The second-order valence-corrected chi connectivity index (χ2v) is 5.80. The minimum atomic E-state index is -0.687. The van der Waals surface area contributed by atoms with E-state index in [-0.39, 0.29) is 12.0 Å². The van der Waals surface area contributed by atoms with Crippen molar-refractivity contribution in [2.45, 2.75) is 31.7 Å². The van der Waals surface area contributed by atoms with E-state index in [0.29, 0.717) is 6.42 Å². The van der Waals surface area contributed by atoms with Gasteiger partial charge in [0.2, 0.25) is 0 Å². The minimum Gasteiger partial charge on any atom is -0.495 e. The highest BCUT2D eigenvalue weighted by molar-refractivity contribution is 9.10. The van der Waals surface area contributed by atoms with Gasteiger partial charge in [-0.25, -0.2) is 0 Å². The molecule has 1 aromatic rings. The molecule has 2 rings (SSSR count). The lowest BCUT2D eigenvalue weighted by molar-refractivity contribution is -0.142. The normalized spacial score (nSPS) is 22.8. The molecule has 5 heteroatoms. The van der Waals surface area contributed by atoms with Crippen molar-refractivity contribution in [2.24, 2.45) is 5.92 Å². The van der Waals surface area contributed by atoms with Gasteiger partial charge in [-0.05, 0) is 37.5 Å². The van der Waals surface area contributed by atoms with Crippen LogP contribution in [-0.4, -0.2) is 24.2 Å². The number of nitrogens with one attached hydrogen (secondary N) is 1. The number of carboxylic acid groups (broad SMARTS) is 1. The number of benzene rings is 1. The molecular weight excluding hydrogens is 310 g/mol. The molecule has 4 nitrogen and oxygen atoms in total. The van der Waals surface area contributed by atoms with E-state index in [2.05, 4.69) is 21.2 Å². The van der Waals surface area contributed by atoms with Crippen LogP contribution in [-0.2, 0) is 4.79 Å². The van der Waals surface area contributed by atoms with Crippen LogP contribution in [0.1, 0.15) is 25.7 Å². The standard InChI is InChI=1S/C14H18BrNO3/c1-19-13-6-5-10(15)8-12(13)16-11-4-2-3-9(7-11)14(17)18/h5-6,8-9,11,16H,2-4,7H2,1H3,(H,17,18). The topological polar surface area (TPSA) is 58.6 Å². The first-order valence-corrected chi connectivity index (χ1v) is 7.22. The molecule has 1 aromatic carbocycles. The smallest absolute Gasteiger partial charge is 0.306 e. The number of anilines is 1. The molecule has 0 heterocycles. The van der Waals surface area contributed by atoms with Gasteiger partial charge in [0.25, 0.3) is 0 Å². The second kappa shape index (κ2) is 6.28. The van der Waals surface area contributed by atoms with Gasteiger partial charge in [-0.3, -0.25) is 4.79 Å². The molecular formula is C14H18BrNO3. The molecule has 0 spiro atoms. The average molecular weight is 328 g/mol. The summed E-state index contributed by atoms with van der Waals surface area (Å²) < 4.78 is 6.29. The molecule has 1 aliphatic rings. The Morgan fingerprint density at radius 1 is 1.47 bits per heavy atom. The average Bonchev–Trinajstić information content (AvgIpc) is 2.39. The van der Waals surface area contributed by atoms with Crippen LogP contribution in [0.2, 0.25) is 0 Å². The lowest BCUT2D eigenvalue weighted by Crippen LogP contribution is -2.31. The van der Waals surface area contributed by atoms with Crippen molar-refractivity contribution in [3.05, 3.63) is 22.7 Å². The lowest BCUT2D eigenvalue weighted by Gasteiger charge is -2.28. The van der Waals surface area contributed by atoms with Crippen LogP contribution in [0, 0.1) is 5.92 Å². The number of hydrogen-bond acceptors (Lipinski definition) is 3. The summed E-state index contributed by atoms with van der Waals surface area (Å²) in [7, 11) is 1.63. The third-order valence-electron chi connectivity index (χ3n) is 3.54. The van der Waals surface area contributed by atoms with E-state index in [1.165, 1.54) is 0 Å². The fourth-order valence-corrected chi connectivity index (χ4v) is 2.92. The summed E-state index contributed by atoms with van der Waals surface area (Å²) in [6.07, 6.45) is 3.40. The Hall–Kier alpha value is -1.23. The quantitative estimate of drug-likeness (QED) is 0.888. The zero-order valence-electron chi connectivity index (χ0n) is 10.9. The molecule has 2 unspecified atom stereocenters. The maximum Gasteiger partial charge on any atom is 0.306 e. The van der Waals surface area contributed by atoms with Crippen molar-refractivity contribution in [1.82, 2.24) is 0 Å². The van der Waals surface area contributed by atoms with Gasteiger partial charge >= 0.3 is 5.97 Å². The summed E-state index contributed by atoms with van der Waals surface area (Å²) in [5.74, 6) is -0.141. The van der Waals surface area contributed by atoms with E-state index >= 15 is 0 Å². The maximum absolute atomic E-state index is 11.1. The van der Waals surface area contributed by atoms with E-state index in [1.54, 1.807) is 7.11 Å². The number of carboxylic acids is 1. The summed E-state index contributed by atoms with van der Waals surface area (Å²) in [4.78, 5) is 11.1. The Kier molecular flexibility index (Phi) is 4.69. The molecule has 1 aliphatic carbocycles. The molecule has 0 aromatic heterocycles. The van der Waals surface area contributed by atoms with Crippen LogP contribution in [0.4, 0.5) is 5.69 Å². The monoisotopic (exact) mass is 327 g/mol. The van der Waals surface area contributed by atoms with Crippen molar-refractivity contribution < 1.29 is 14.6 Å². The summed E-state index contributed by atoms with van der Waals surface area (Å²) in [6, 6.07) is 5.97. The Morgan fingerprint density at radius 3 is 2.95 bits per heavy atom. The predicted molar refractivity (Wildman–Crippen MR) is 77.7 cm³/mol. The number of carbonyl (C=O) groups is 1. The van der Waals surface area contributed by atoms with E-state index in [0.717, 1.165) is 35.2 Å². The Bertz CT molecular complexity index is 464. The largest absolute Gasteiger partial charge is 0.495 e. The highest BCUT2D eigenvalue weighted by Crippen LogP contribution is 2.32. The number of ether oxygens (including phenoxy) is 1. The van der Waals surface area contributed by atoms with Crippen molar-refractivity contribution >= 4 is 27.6 Å². The number of methoxy groups -OCH3 is 1. The summed E-state index contributed by atoms with van der Waals surface area (Å²) in [5, 5.41) is 12.5. The molecule has 0 amide bonds. The highest BCUT2D eigenvalue weighted by atomic mass is 79.9. The number of rotatable bonds is 4. The molecule has 104 valence electrons. The fraction of sp³-hybridized carbons (Fsp3) is 0.500. The zero-order valence-corrected chi connectivity index (χ0v) is 12.4. The van der Waals surface area contributed by atoms with E-state index in [1.807, 2.05) is 18.2 Å². The van der Waals surface area contributed by atoms with Crippen LogP contribution in [0.3, 0.4) is 0 Å². The van der Waals surface area contributed by atoms with Crippen molar-refractivity contribution in [3.8, 4) is 5.75 Å². The van der Waals surface area contributed by atoms with Crippen LogP contribution >= 0.6 is 15.9 Å². The highest BCUT2D eigenvalue weighted by Gasteiger charge is 2.27. The molecule has 1 saturated carbocycles. The van der Waals surface area contributed by atoms with E-state index in [4.69, 9.17) is 9.84 Å². The van der Waals surface area contributed by atoms with Crippen LogP contribution in [0.15, 0.2) is 22.7 Å². The first kappa shape index (κ1) is 14.2. The first-order chi connectivity index (χ1) is 9.10. The van der Waals surface area contributed by atoms with Crippen LogP contribution in [0.5, 0.6) is 5.75 Å². The molecule has 19 heavy (non-hydrogen) atoms. The molecule has 1 fully saturated rings. The van der Waals surface area contributed by atoms with Gasteiger partial charge in [-0.15, -0.1) is 0 Å². The lowest BCUT2D eigenvalue weighted by atomic mass is 9.85. The molecule has 0 aliphatic heterocycles. The van der Waals surface area contributed by atoms with Gasteiger partial charge in [-0.1, -0.05) is 22.4 Å². The number of halogens is 1. The maximum atomic E-state index is 11.1. The fourth-order valence-electron chi connectivity index (χ4n) is 2.56. The van der Waals surface area contributed by atoms with Crippen molar-refractivity contribution in [3.63, 3.8) is 0 Å². The molecule has 0 radical (unpaired) electrons. The first-order valence-electron chi connectivity index (χ1n) is 6.43. The molecule has 0 bridgehead atoms. The predicted octanol–water partition coefficient (Wildman–Crippen LogP) is 3.51. The minimum absolute atomic E-state index is 0.193. The van der Waals surface area contributed by atoms with E-state index in [9.17, 15) is 4.79 Å². The van der Waals surface area contributed by atoms with Gasteiger partial charge in [0.05, 0.1) is 18.7 Å². The molecule has 0 saturated heterocycles. The number of hydrogen-bond donors (Lipinski definition) is 2. The summed E-state index contributed by atoms with van der Waals surface area (Å²) in [6.45, 7) is 0.